The van der Waals surface area contributed by atoms with Crippen LogP contribution >= 0.6 is 11.8 Å². The Bertz CT molecular complexity index is 124. The molecule has 0 saturated heterocycles. The molecule has 60 valence electrons. The van der Waals surface area contributed by atoms with Gasteiger partial charge in [-0.25, -0.2) is 4.79 Å². The third kappa shape index (κ3) is 5.12. The van der Waals surface area contributed by atoms with Crippen LogP contribution in [0.2, 0.25) is 0 Å². The molecule has 0 spiro atoms. The summed E-state index contributed by atoms with van der Waals surface area (Å²) in [6, 6.07) is 0. The number of carbonyl (C=O) groups is 1. The summed E-state index contributed by atoms with van der Waals surface area (Å²) in [4.78, 5) is 10.2. The first kappa shape index (κ1) is 11.8. The van der Waals surface area contributed by atoms with E-state index in [0.29, 0.717) is 5.25 Å². The van der Waals surface area contributed by atoms with Gasteiger partial charge in [0.1, 0.15) is 0 Å². The van der Waals surface area contributed by atoms with Crippen LogP contribution in [0, 0.1) is 0 Å². The van der Waals surface area contributed by atoms with Gasteiger partial charge in [0, 0.05) is 5.25 Å². The predicted molar refractivity (Wildman–Crippen MR) is 49.6 cm³/mol. The summed E-state index contributed by atoms with van der Waals surface area (Å²) in [5.74, 6) is 0. The molecule has 0 aromatic heterocycles. The number of rotatable bonds is 1. The number of carboxylic acid groups (broad SMARTS) is 1. The Hall–Kier alpha value is 0.820. The average molecular weight is 184 g/mol. The quantitative estimate of drug-likeness (QED) is 0.634. The van der Waals surface area contributed by atoms with Gasteiger partial charge in [-0.15, -0.1) is 0 Å². The van der Waals surface area contributed by atoms with E-state index in [1.165, 1.54) is 19.3 Å². The summed E-state index contributed by atoms with van der Waals surface area (Å²) >= 11 is 1.09. The summed E-state index contributed by atoms with van der Waals surface area (Å²) in [6.07, 6.45) is 5.90. The van der Waals surface area contributed by atoms with Gasteiger partial charge in [0.05, 0.1) is 0 Å². The molecule has 1 aliphatic rings. The van der Waals surface area contributed by atoms with Gasteiger partial charge in [0.2, 0.25) is 0 Å². The van der Waals surface area contributed by atoms with Crippen molar-refractivity contribution in [1.29, 1.82) is 0 Å². The van der Waals surface area contributed by atoms with E-state index >= 15 is 0 Å². The fraction of sp³-hybridized carbons (Fsp3) is 0.857. The Morgan fingerprint density at radius 2 is 1.82 bits per heavy atom. The first-order valence-corrected chi connectivity index (χ1v) is 4.56. The van der Waals surface area contributed by atoms with Gasteiger partial charge in [0.15, 0.2) is 0 Å². The molecule has 1 aliphatic carbocycles. The Kier molecular flexibility index (Phi) is 6.82. The normalized spacial score (nSPS) is 18.9. The van der Waals surface area contributed by atoms with E-state index in [4.69, 9.17) is 5.11 Å². The van der Waals surface area contributed by atoms with Crippen LogP contribution in [0.5, 0.6) is 0 Å². The standard InChI is InChI=1S/C7H12O2S.Na.H/c8-7(9)10-6-4-2-1-3-5-6;;/h6H,1-5H2,(H,8,9);;. The molecule has 0 atom stereocenters. The molecule has 0 bridgehead atoms. The van der Waals surface area contributed by atoms with Crippen LogP contribution in [-0.2, 0) is 0 Å². The van der Waals surface area contributed by atoms with Crippen molar-refractivity contribution in [2.24, 2.45) is 0 Å². The first-order chi connectivity index (χ1) is 4.79. The van der Waals surface area contributed by atoms with E-state index in [1.807, 2.05) is 0 Å². The van der Waals surface area contributed by atoms with Crippen LogP contribution in [0.4, 0.5) is 4.79 Å². The van der Waals surface area contributed by atoms with Crippen LogP contribution in [0.25, 0.3) is 0 Å². The molecule has 2 nitrogen and oxygen atoms in total. The molecule has 1 rings (SSSR count). The maximum atomic E-state index is 10.2. The van der Waals surface area contributed by atoms with E-state index in [1.54, 1.807) is 0 Å². The summed E-state index contributed by atoms with van der Waals surface area (Å²) in [6.45, 7) is 0. The fourth-order valence-electron chi connectivity index (χ4n) is 1.33. The van der Waals surface area contributed by atoms with Crippen LogP contribution < -0.4 is 0 Å². The Morgan fingerprint density at radius 1 is 1.27 bits per heavy atom. The van der Waals surface area contributed by atoms with Crippen molar-refractivity contribution in [3.63, 3.8) is 0 Å². The van der Waals surface area contributed by atoms with Crippen molar-refractivity contribution in [2.45, 2.75) is 37.4 Å². The van der Waals surface area contributed by atoms with Gasteiger partial charge in [-0.1, -0.05) is 19.3 Å². The van der Waals surface area contributed by atoms with E-state index in [2.05, 4.69) is 0 Å². The van der Waals surface area contributed by atoms with Crippen molar-refractivity contribution in [3.8, 4) is 0 Å². The van der Waals surface area contributed by atoms with Gasteiger partial charge in [0.25, 0.3) is 0 Å². The molecule has 0 heterocycles. The minimum atomic E-state index is -0.716. The van der Waals surface area contributed by atoms with E-state index in [9.17, 15) is 4.79 Å². The summed E-state index contributed by atoms with van der Waals surface area (Å²) in [5.41, 5.74) is 0. The first-order valence-electron chi connectivity index (χ1n) is 3.68. The molecular weight excluding hydrogens is 171 g/mol. The number of hydrogen-bond donors (Lipinski definition) is 1. The SMILES string of the molecule is O=C(O)SC1CCCCC1.[NaH]. The van der Waals surface area contributed by atoms with Crippen molar-refractivity contribution < 1.29 is 9.90 Å². The molecule has 0 aromatic rings. The van der Waals surface area contributed by atoms with E-state index < -0.39 is 5.30 Å². The monoisotopic (exact) mass is 184 g/mol. The molecule has 0 amide bonds. The minimum absolute atomic E-state index is 0. The zero-order valence-corrected chi connectivity index (χ0v) is 6.69. The molecule has 0 unspecified atom stereocenters. The van der Waals surface area contributed by atoms with E-state index in [0.717, 1.165) is 24.6 Å². The van der Waals surface area contributed by atoms with Gasteiger partial charge < -0.3 is 5.11 Å². The topological polar surface area (TPSA) is 37.3 Å². The second-order valence-electron chi connectivity index (χ2n) is 2.64. The van der Waals surface area contributed by atoms with Crippen LogP contribution in [0.1, 0.15) is 32.1 Å². The molecule has 4 heteroatoms. The van der Waals surface area contributed by atoms with Crippen molar-refractivity contribution in [3.05, 3.63) is 0 Å². The third-order valence-electron chi connectivity index (χ3n) is 1.82. The second kappa shape index (κ2) is 6.35. The Labute approximate surface area is 93.4 Å². The Balaban J connectivity index is 0.000001000. The predicted octanol–water partition coefficient (Wildman–Crippen LogP) is 2.08. The van der Waals surface area contributed by atoms with Crippen LogP contribution in [0.15, 0.2) is 0 Å². The Morgan fingerprint density at radius 3 is 2.27 bits per heavy atom. The molecular formula is C7H13NaO2S. The van der Waals surface area contributed by atoms with Gasteiger partial charge in [-0.3, -0.25) is 0 Å². The van der Waals surface area contributed by atoms with Crippen LogP contribution in [-0.4, -0.2) is 45.2 Å². The van der Waals surface area contributed by atoms with E-state index in [-0.39, 0.29) is 29.6 Å². The van der Waals surface area contributed by atoms with Crippen molar-refractivity contribution in [1.82, 2.24) is 0 Å². The second-order valence-corrected chi connectivity index (χ2v) is 3.90. The van der Waals surface area contributed by atoms with Gasteiger partial charge in [-0.2, -0.15) is 0 Å². The zero-order chi connectivity index (χ0) is 7.40. The summed E-state index contributed by atoms with van der Waals surface area (Å²) in [5, 5.41) is 8.11. The number of thioether (sulfide) groups is 1. The molecule has 1 fully saturated rings. The number of hydrogen-bond acceptors (Lipinski definition) is 2. The average Bonchev–Trinajstić information content (AvgIpc) is 1.88. The van der Waals surface area contributed by atoms with Gasteiger partial charge in [-0.05, 0) is 24.6 Å². The molecule has 11 heavy (non-hydrogen) atoms. The molecule has 1 saturated carbocycles. The van der Waals surface area contributed by atoms with Crippen LogP contribution in [0.3, 0.4) is 0 Å². The molecule has 0 radical (unpaired) electrons. The van der Waals surface area contributed by atoms with Crippen molar-refractivity contribution in [2.75, 3.05) is 0 Å². The molecule has 1 N–H and O–H groups in total. The molecule has 0 aromatic carbocycles. The third-order valence-corrected chi connectivity index (χ3v) is 2.83. The van der Waals surface area contributed by atoms with Crippen molar-refractivity contribution >= 4 is 46.6 Å². The maximum absolute atomic E-state index is 10.2. The fourth-order valence-corrected chi connectivity index (χ4v) is 2.18. The summed E-state index contributed by atoms with van der Waals surface area (Å²) in [7, 11) is 0. The van der Waals surface area contributed by atoms with Gasteiger partial charge >= 0.3 is 34.9 Å². The zero-order valence-electron chi connectivity index (χ0n) is 5.88. The molecule has 0 aliphatic heterocycles. The summed E-state index contributed by atoms with van der Waals surface area (Å²) < 4.78 is 0.